The molecule has 1 aromatic heterocycles. The van der Waals surface area contributed by atoms with E-state index >= 15 is 0 Å². The number of aromatic nitrogens is 2. The average Bonchev–Trinajstić information content (AvgIpc) is 2.83. The number of aliphatic hydroxyl groups excluding tert-OH is 1. The molecule has 0 unspecified atom stereocenters. The van der Waals surface area contributed by atoms with Crippen molar-refractivity contribution in [2.24, 2.45) is 0 Å². The summed E-state index contributed by atoms with van der Waals surface area (Å²) in [5.41, 5.74) is 4.16. The largest absolute Gasteiger partial charge is 0.394 e. The molecule has 1 N–H and O–H groups in total. The summed E-state index contributed by atoms with van der Waals surface area (Å²) in [7, 11) is 0. The van der Waals surface area contributed by atoms with Gasteiger partial charge < -0.3 is 10.0 Å². The summed E-state index contributed by atoms with van der Waals surface area (Å²) >= 11 is 0. The van der Waals surface area contributed by atoms with Gasteiger partial charge in [0.15, 0.2) is 0 Å². The molecule has 2 aromatic rings. The molecule has 0 aliphatic carbocycles. The second kappa shape index (κ2) is 5.93. The third-order valence-corrected chi connectivity index (χ3v) is 4.29. The SMILES string of the molecule is Cc1cc(C)n(CC(=O)N2CCc3ccccc3[C@H]2CO)n1. The third kappa shape index (κ3) is 2.64. The smallest absolute Gasteiger partial charge is 0.244 e. The van der Waals surface area contributed by atoms with Crippen LogP contribution in [0, 0.1) is 13.8 Å². The minimum absolute atomic E-state index is 0.000229. The highest BCUT2D eigenvalue weighted by molar-refractivity contribution is 5.77. The van der Waals surface area contributed by atoms with Crippen LogP contribution in [0.1, 0.15) is 28.6 Å². The fourth-order valence-electron chi connectivity index (χ4n) is 3.20. The predicted octanol–water partition coefficient (Wildman–Crippen LogP) is 1.62. The molecule has 1 atom stereocenters. The first-order valence-corrected chi connectivity index (χ1v) is 7.59. The minimum Gasteiger partial charge on any atom is -0.394 e. The van der Waals surface area contributed by atoms with Gasteiger partial charge in [-0.25, -0.2) is 0 Å². The lowest BCUT2D eigenvalue weighted by Crippen LogP contribution is -2.43. The van der Waals surface area contributed by atoms with Gasteiger partial charge in [0.05, 0.1) is 18.3 Å². The Kier molecular flexibility index (Phi) is 3.98. The van der Waals surface area contributed by atoms with Gasteiger partial charge in [-0.05, 0) is 37.5 Å². The van der Waals surface area contributed by atoms with Crippen LogP contribution in [0.25, 0.3) is 0 Å². The average molecular weight is 299 g/mol. The number of aliphatic hydroxyl groups is 1. The zero-order valence-corrected chi connectivity index (χ0v) is 13.0. The zero-order valence-electron chi connectivity index (χ0n) is 13.0. The number of hydrogen-bond acceptors (Lipinski definition) is 3. The third-order valence-electron chi connectivity index (χ3n) is 4.29. The lowest BCUT2D eigenvalue weighted by Gasteiger charge is -2.36. The van der Waals surface area contributed by atoms with Gasteiger partial charge in [-0.2, -0.15) is 5.10 Å². The van der Waals surface area contributed by atoms with Gasteiger partial charge in [0.25, 0.3) is 0 Å². The van der Waals surface area contributed by atoms with Crippen LogP contribution in [-0.2, 0) is 17.8 Å². The quantitative estimate of drug-likeness (QED) is 0.937. The Hall–Kier alpha value is -2.14. The normalized spacial score (nSPS) is 17.4. The first-order chi connectivity index (χ1) is 10.6. The number of rotatable bonds is 3. The molecular formula is C17H21N3O2. The number of carbonyl (C=O) groups is 1. The molecule has 5 nitrogen and oxygen atoms in total. The predicted molar refractivity (Wildman–Crippen MR) is 83.4 cm³/mol. The highest BCUT2D eigenvalue weighted by Gasteiger charge is 2.30. The van der Waals surface area contributed by atoms with Crippen molar-refractivity contribution in [3.8, 4) is 0 Å². The Morgan fingerprint density at radius 1 is 1.36 bits per heavy atom. The number of benzene rings is 1. The van der Waals surface area contributed by atoms with Gasteiger partial charge in [-0.15, -0.1) is 0 Å². The molecule has 22 heavy (non-hydrogen) atoms. The van der Waals surface area contributed by atoms with Crippen LogP contribution in [-0.4, -0.2) is 38.8 Å². The summed E-state index contributed by atoms with van der Waals surface area (Å²) in [6.45, 7) is 4.67. The van der Waals surface area contributed by atoms with Crippen molar-refractivity contribution in [1.82, 2.24) is 14.7 Å². The van der Waals surface area contributed by atoms with Crippen molar-refractivity contribution in [3.63, 3.8) is 0 Å². The molecule has 1 aromatic carbocycles. The van der Waals surface area contributed by atoms with Gasteiger partial charge in [0.2, 0.25) is 5.91 Å². The van der Waals surface area contributed by atoms with Gasteiger partial charge in [0.1, 0.15) is 6.54 Å². The van der Waals surface area contributed by atoms with Crippen LogP contribution in [0.5, 0.6) is 0 Å². The van der Waals surface area contributed by atoms with Gasteiger partial charge in [-0.1, -0.05) is 24.3 Å². The molecule has 0 fully saturated rings. The van der Waals surface area contributed by atoms with Crippen LogP contribution in [0.15, 0.2) is 30.3 Å². The van der Waals surface area contributed by atoms with Crippen molar-refractivity contribution >= 4 is 5.91 Å². The molecule has 0 saturated heterocycles. The number of aryl methyl sites for hydroxylation is 2. The Morgan fingerprint density at radius 2 is 2.14 bits per heavy atom. The number of amides is 1. The topological polar surface area (TPSA) is 58.4 Å². The van der Waals surface area contributed by atoms with E-state index in [-0.39, 0.29) is 25.1 Å². The van der Waals surface area contributed by atoms with Crippen LogP contribution in [0.4, 0.5) is 0 Å². The van der Waals surface area contributed by atoms with Crippen molar-refractivity contribution in [2.75, 3.05) is 13.2 Å². The summed E-state index contributed by atoms with van der Waals surface area (Å²) in [5, 5.41) is 14.1. The van der Waals surface area contributed by atoms with Gasteiger partial charge >= 0.3 is 0 Å². The van der Waals surface area contributed by atoms with Gasteiger partial charge in [-0.3, -0.25) is 9.48 Å². The van der Waals surface area contributed by atoms with Crippen molar-refractivity contribution in [3.05, 3.63) is 52.8 Å². The number of carbonyl (C=O) groups excluding carboxylic acids is 1. The van der Waals surface area contributed by atoms with Crippen molar-refractivity contribution in [2.45, 2.75) is 32.9 Å². The van der Waals surface area contributed by atoms with Crippen LogP contribution in [0.3, 0.4) is 0 Å². The molecule has 3 rings (SSSR count). The molecule has 0 spiro atoms. The number of hydrogen-bond donors (Lipinski definition) is 1. The Labute approximate surface area is 130 Å². The Balaban J connectivity index is 1.82. The molecule has 1 amide bonds. The molecule has 116 valence electrons. The van der Waals surface area contributed by atoms with E-state index in [1.165, 1.54) is 5.56 Å². The fraction of sp³-hybridized carbons (Fsp3) is 0.412. The van der Waals surface area contributed by atoms with E-state index < -0.39 is 0 Å². The van der Waals surface area contributed by atoms with Crippen molar-refractivity contribution in [1.29, 1.82) is 0 Å². The fourth-order valence-corrected chi connectivity index (χ4v) is 3.20. The summed E-state index contributed by atoms with van der Waals surface area (Å²) < 4.78 is 1.73. The number of fused-ring (bicyclic) bond motifs is 1. The van der Waals surface area contributed by atoms with Crippen LogP contribution >= 0.6 is 0 Å². The molecule has 1 aliphatic heterocycles. The van der Waals surface area contributed by atoms with E-state index in [2.05, 4.69) is 11.2 Å². The molecular weight excluding hydrogens is 278 g/mol. The molecule has 0 radical (unpaired) electrons. The lowest BCUT2D eigenvalue weighted by atomic mass is 9.93. The molecule has 5 heteroatoms. The van der Waals surface area contributed by atoms with E-state index in [4.69, 9.17) is 0 Å². The maximum absolute atomic E-state index is 12.7. The first kappa shape index (κ1) is 14.8. The van der Waals surface area contributed by atoms with Crippen molar-refractivity contribution < 1.29 is 9.90 Å². The molecule has 0 bridgehead atoms. The van der Waals surface area contributed by atoms with E-state index in [1.54, 1.807) is 9.58 Å². The molecule has 0 saturated carbocycles. The highest BCUT2D eigenvalue weighted by Crippen LogP contribution is 2.29. The Bertz CT molecular complexity index is 693. The molecule has 1 aliphatic rings. The summed E-state index contributed by atoms with van der Waals surface area (Å²) in [4.78, 5) is 14.4. The summed E-state index contributed by atoms with van der Waals surface area (Å²) in [6.07, 6.45) is 0.829. The van der Waals surface area contributed by atoms with Crippen LogP contribution < -0.4 is 0 Å². The van der Waals surface area contributed by atoms with Gasteiger partial charge in [0, 0.05) is 12.2 Å². The standard InChI is InChI=1S/C17H21N3O2/c1-12-9-13(2)20(18-12)10-17(22)19-8-7-14-5-3-4-6-15(14)16(19)11-21/h3-6,9,16,21H,7-8,10-11H2,1-2H3/t16-/m1/s1. The monoisotopic (exact) mass is 299 g/mol. The zero-order chi connectivity index (χ0) is 15.7. The summed E-state index contributed by atoms with van der Waals surface area (Å²) in [6, 6.07) is 9.73. The second-order valence-electron chi connectivity index (χ2n) is 5.82. The highest BCUT2D eigenvalue weighted by atomic mass is 16.3. The Morgan fingerprint density at radius 3 is 2.82 bits per heavy atom. The van der Waals surface area contributed by atoms with E-state index in [9.17, 15) is 9.90 Å². The van der Waals surface area contributed by atoms with E-state index in [0.29, 0.717) is 6.54 Å². The maximum Gasteiger partial charge on any atom is 0.244 e. The number of nitrogens with zero attached hydrogens (tertiary/aromatic N) is 3. The minimum atomic E-state index is -0.255. The second-order valence-corrected chi connectivity index (χ2v) is 5.82. The first-order valence-electron chi connectivity index (χ1n) is 7.59. The van der Waals surface area contributed by atoms with Crippen LogP contribution in [0.2, 0.25) is 0 Å². The summed E-state index contributed by atoms with van der Waals surface area (Å²) in [5.74, 6) is -0.000229. The van der Waals surface area contributed by atoms with E-state index in [1.807, 2.05) is 38.1 Å². The van der Waals surface area contributed by atoms with E-state index in [0.717, 1.165) is 23.4 Å². The lowest BCUT2D eigenvalue weighted by molar-refractivity contribution is -0.136. The maximum atomic E-state index is 12.7. The molecule has 2 heterocycles.